The first kappa shape index (κ1) is 18.1. The van der Waals surface area contributed by atoms with E-state index < -0.39 is 22.7 Å². The van der Waals surface area contributed by atoms with E-state index in [1.54, 1.807) is 67.6 Å². The first-order valence-electron chi connectivity index (χ1n) is 7.92. The van der Waals surface area contributed by atoms with Crippen molar-refractivity contribution in [3.05, 3.63) is 71.2 Å². The van der Waals surface area contributed by atoms with Crippen LogP contribution in [0.1, 0.15) is 22.3 Å². The molecule has 3 rings (SSSR count). The zero-order valence-electron chi connectivity index (χ0n) is 13.8. The SMILES string of the molecule is CCN(C(=O)c1sc(-c2ccccc2)nc1C(F)(F)F)c1ccccc1. The van der Waals surface area contributed by atoms with E-state index in [0.29, 0.717) is 11.3 Å². The highest BCUT2D eigenvalue weighted by Gasteiger charge is 2.40. The summed E-state index contributed by atoms with van der Waals surface area (Å²) in [5, 5.41) is 0.172. The number of para-hydroxylation sites is 1. The number of amides is 1. The summed E-state index contributed by atoms with van der Waals surface area (Å²) in [6.45, 7) is 1.97. The highest BCUT2D eigenvalue weighted by atomic mass is 32.1. The van der Waals surface area contributed by atoms with Crippen molar-refractivity contribution in [2.75, 3.05) is 11.4 Å². The predicted molar refractivity (Wildman–Crippen MR) is 96.3 cm³/mol. The normalized spacial score (nSPS) is 11.4. The average molecular weight is 376 g/mol. The number of nitrogens with zero attached hydrogens (tertiary/aromatic N) is 2. The minimum Gasteiger partial charge on any atom is -0.308 e. The Labute approximate surface area is 152 Å². The van der Waals surface area contributed by atoms with Gasteiger partial charge in [-0.15, -0.1) is 11.3 Å². The fourth-order valence-electron chi connectivity index (χ4n) is 2.54. The van der Waals surface area contributed by atoms with Crippen molar-refractivity contribution in [2.45, 2.75) is 13.1 Å². The molecule has 1 aromatic heterocycles. The van der Waals surface area contributed by atoms with E-state index in [-0.39, 0.29) is 11.6 Å². The Kier molecular flexibility index (Phi) is 5.08. The smallest absolute Gasteiger partial charge is 0.308 e. The van der Waals surface area contributed by atoms with E-state index in [0.717, 1.165) is 11.3 Å². The van der Waals surface area contributed by atoms with Gasteiger partial charge in [-0.05, 0) is 19.1 Å². The largest absolute Gasteiger partial charge is 0.435 e. The number of hydrogen-bond acceptors (Lipinski definition) is 3. The van der Waals surface area contributed by atoms with Crippen LogP contribution in [0.4, 0.5) is 18.9 Å². The Balaban J connectivity index is 2.08. The molecule has 0 aliphatic heterocycles. The molecule has 1 amide bonds. The number of hydrogen-bond donors (Lipinski definition) is 0. The highest BCUT2D eigenvalue weighted by molar-refractivity contribution is 7.17. The van der Waals surface area contributed by atoms with Gasteiger partial charge in [0.1, 0.15) is 9.88 Å². The van der Waals surface area contributed by atoms with Crippen molar-refractivity contribution >= 4 is 22.9 Å². The topological polar surface area (TPSA) is 33.2 Å². The second-order valence-electron chi connectivity index (χ2n) is 5.45. The Morgan fingerprint density at radius 2 is 1.62 bits per heavy atom. The van der Waals surface area contributed by atoms with E-state index in [1.165, 1.54) is 4.90 Å². The molecule has 1 heterocycles. The lowest BCUT2D eigenvalue weighted by atomic mass is 10.2. The van der Waals surface area contributed by atoms with Crippen LogP contribution in [0.5, 0.6) is 0 Å². The quantitative estimate of drug-likeness (QED) is 0.603. The van der Waals surface area contributed by atoms with Gasteiger partial charge in [-0.1, -0.05) is 48.5 Å². The number of halogens is 3. The van der Waals surface area contributed by atoms with Gasteiger partial charge in [0.15, 0.2) is 5.69 Å². The number of carbonyl (C=O) groups excluding carboxylic acids is 1. The Bertz CT molecular complexity index is 892. The van der Waals surface area contributed by atoms with E-state index in [4.69, 9.17) is 0 Å². The number of benzene rings is 2. The minimum absolute atomic E-state index is 0.172. The lowest BCUT2D eigenvalue weighted by Crippen LogP contribution is -2.31. The third-order valence-corrected chi connectivity index (χ3v) is 4.83. The molecule has 0 radical (unpaired) electrons. The molecule has 3 aromatic rings. The molecule has 0 N–H and O–H groups in total. The van der Waals surface area contributed by atoms with Crippen molar-refractivity contribution in [3.63, 3.8) is 0 Å². The predicted octanol–water partition coefficient (Wildman–Crippen LogP) is 5.50. The minimum atomic E-state index is -4.70. The number of carbonyl (C=O) groups is 1. The molecule has 2 aromatic carbocycles. The van der Waals surface area contributed by atoms with Crippen molar-refractivity contribution in [1.29, 1.82) is 0 Å². The van der Waals surface area contributed by atoms with Crippen LogP contribution >= 0.6 is 11.3 Å². The zero-order chi connectivity index (χ0) is 18.7. The van der Waals surface area contributed by atoms with Gasteiger partial charge in [-0.2, -0.15) is 13.2 Å². The van der Waals surface area contributed by atoms with Gasteiger partial charge < -0.3 is 4.90 Å². The van der Waals surface area contributed by atoms with E-state index in [9.17, 15) is 18.0 Å². The van der Waals surface area contributed by atoms with E-state index >= 15 is 0 Å². The summed E-state index contributed by atoms with van der Waals surface area (Å²) in [5.74, 6) is -0.703. The molecule has 0 spiro atoms. The summed E-state index contributed by atoms with van der Waals surface area (Å²) in [4.78, 5) is 17.5. The van der Waals surface area contributed by atoms with Gasteiger partial charge in [0.05, 0.1) is 0 Å². The van der Waals surface area contributed by atoms with Crippen LogP contribution in [0.25, 0.3) is 10.6 Å². The van der Waals surface area contributed by atoms with Gasteiger partial charge in [-0.3, -0.25) is 4.79 Å². The van der Waals surface area contributed by atoms with Gasteiger partial charge in [0.2, 0.25) is 0 Å². The maximum absolute atomic E-state index is 13.5. The Morgan fingerprint density at radius 3 is 2.15 bits per heavy atom. The van der Waals surface area contributed by atoms with Gasteiger partial charge >= 0.3 is 6.18 Å². The van der Waals surface area contributed by atoms with Gasteiger partial charge in [0, 0.05) is 17.8 Å². The number of anilines is 1. The van der Waals surface area contributed by atoms with Crippen molar-refractivity contribution in [2.24, 2.45) is 0 Å². The number of thiazole rings is 1. The molecule has 0 unspecified atom stereocenters. The number of aromatic nitrogens is 1. The molecule has 0 atom stereocenters. The molecule has 0 aliphatic rings. The van der Waals surface area contributed by atoms with Crippen molar-refractivity contribution < 1.29 is 18.0 Å². The summed E-state index contributed by atoms with van der Waals surface area (Å²) < 4.78 is 40.4. The molecule has 3 nitrogen and oxygen atoms in total. The standard InChI is InChI=1S/C19H15F3N2OS/c1-2-24(14-11-7-4-8-12-14)18(25)15-16(19(20,21)22)23-17(26-15)13-9-5-3-6-10-13/h3-12H,2H2,1H3. The van der Waals surface area contributed by atoms with Crippen LogP contribution in [-0.2, 0) is 6.18 Å². The highest BCUT2D eigenvalue weighted by Crippen LogP contribution is 2.38. The molecule has 0 fully saturated rings. The lowest BCUT2D eigenvalue weighted by Gasteiger charge is -2.20. The van der Waals surface area contributed by atoms with E-state index in [2.05, 4.69) is 4.98 Å². The van der Waals surface area contributed by atoms with Crippen LogP contribution < -0.4 is 4.90 Å². The maximum atomic E-state index is 13.5. The summed E-state index contributed by atoms with van der Waals surface area (Å²) in [6, 6.07) is 17.2. The van der Waals surface area contributed by atoms with Gasteiger partial charge in [-0.25, -0.2) is 4.98 Å². The molecule has 0 aliphatic carbocycles. The van der Waals surface area contributed by atoms with Crippen LogP contribution in [0.15, 0.2) is 60.7 Å². The Hall–Kier alpha value is -2.67. The fraction of sp³-hybridized carbons (Fsp3) is 0.158. The monoisotopic (exact) mass is 376 g/mol. The molecule has 7 heteroatoms. The average Bonchev–Trinajstić information content (AvgIpc) is 3.10. The number of rotatable bonds is 4. The van der Waals surface area contributed by atoms with Crippen molar-refractivity contribution in [1.82, 2.24) is 4.98 Å². The van der Waals surface area contributed by atoms with Crippen LogP contribution in [0, 0.1) is 0 Å². The summed E-state index contributed by atoms with van der Waals surface area (Å²) in [6.07, 6.45) is -4.70. The molecular formula is C19H15F3N2OS. The molecule has 0 bridgehead atoms. The van der Waals surface area contributed by atoms with Crippen LogP contribution in [0.3, 0.4) is 0 Å². The third kappa shape index (κ3) is 3.62. The molecule has 134 valence electrons. The van der Waals surface area contributed by atoms with Crippen molar-refractivity contribution in [3.8, 4) is 10.6 Å². The first-order valence-corrected chi connectivity index (χ1v) is 8.73. The third-order valence-electron chi connectivity index (χ3n) is 3.74. The molecule has 0 saturated carbocycles. The van der Waals surface area contributed by atoms with Crippen LogP contribution in [-0.4, -0.2) is 17.4 Å². The fourth-order valence-corrected chi connectivity index (χ4v) is 3.58. The van der Waals surface area contributed by atoms with Gasteiger partial charge in [0.25, 0.3) is 5.91 Å². The van der Waals surface area contributed by atoms with Crippen LogP contribution in [0.2, 0.25) is 0 Å². The molecule has 0 saturated heterocycles. The molecular weight excluding hydrogens is 361 g/mol. The lowest BCUT2D eigenvalue weighted by molar-refractivity contribution is -0.141. The summed E-state index contributed by atoms with van der Waals surface area (Å²) in [7, 11) is 0. The van der Waals surface area contributed by atoms with E-state index in [1.807, 2.05) is 0 Å². The molecule has 26 heavy (non-hydrogen) atoms. The second kappa shape index (κ2) is 7.29. The summed E-state index contributed by atoms with van der Waals surface area (Å²) >= 11 is 0.764. The summed E-state index contributed by atoms with van der Waals surface area (Å²) in [5.41, 5.74) is -0.0478. The second-order valence-corrected chi connectivity index (χ2v) is 6.44. The maximum Gasteiger partial charge on any atom is 0.435 e. The Morgan fingerprint density at radius 1 is 1.04 bits per heavy atom. The zero-order valence-corrected chi connectivity index (χ0v) is 14.6. The number of alkyl halides is 3. The first-order chi connectivity index (χ1) is 12.4.